The Morgan fingerprint density at radius 3 is 2.21 bits per heavy atom. The number of benzene rings is 2. The third-order valence-electron chi connectivity index (χ3n) is 3.54. The van der Waals surface area contributed by atoms with Gasteiger partial charge in [0.1, 0.15) is 0 Å². The van der Waals surface area contributed by atoms with Gasteiger partial charge in [-0.1, -0.05) is 41.9 Å². The van der Waals surface area contributed by atoms with E-state index in [0.717, 1.165) is 22.6 Å². The molecule has 2 heteroatoms. The lowest BCUT2D eigenvalue weighted by Crippen LogP contribution is -1.97. The van der Waals surface area contributed by atoms with Crippen molar-refractivity contribution in [1.29, 1.82) is 0 Å². The van der Waals surface area contributed by atoms with E-state index in [2.05, 4.69) is 38.1 Å². The Bertz CT molecular complexity index is 588. The molecule has 0 saturated heterocycles. The Morgan fingerprint density at radius 1 is 0.895 bits per heavy atom. The summed E-state index contributed by atoms with van der Waals surface area (Å²) in [6, 6.07) is 12.5. The fraction of sp³-hybridized carbons (Fsp3) is 0.294. The van der Waals surface area contributed by atoms with Crippen molar-refractivity contribution in [3.63, 3.8) is 0 Å². The molecule has 0 N–H and O–H groups in total. The molecule has 1 unspecified atom stereocenters. The summed E-state index contributed by atoms with van der Waals surface area (Å²) in [5.74, 6) is 0. The number of alkyl halides is 1. The maximum absolute atomic E-state index is 6.50. The minimum Gasteiger partial charge on any atom is -0.117 e. The second-order valence-electron chi connectivity index (χ2n) is 5.10. The Hall–Kier alpha value is -0.980. The third-order valence-corrected chi connectivity index (χ3v) is 4.36. The summed E-state index contributed by atoms with van der Waals surface area (Å²) < 4.78 is 0. The molecule has 0 saturated carbocycles. The first-order valence-corrected chi connectivity index (χ1v) is 7.25. The van der Waals surface area contributed by atoms with Gasteiger partial charge in [-0.25, -0.2) is 0 Å². The molecule has 19 heavy (non-hydrogen) atoms. The first kappa shape index (κ1) is 14.4. The van der Waals surface area contributed by atoms with Crippen molar-refractivity contribution in [1.82, 2.24) is 0 Å². The van der Waals surface area contributed by atoms with Gasteiger partial charge >= 0.3 is 0 Å². The molecule has 0 fully saturated rings. The highest BCUT2D eigenvalue weighted by Gasteiger charge is 2.10. The average molecular weight is 293 g/mol. The van der Waals surface area contributed by atoms with Gasteiger partial charge in [-0.15, -0.1) is 11.6 Å². The molecule has 0 spiro atoms. The number of aryl methyl sites for hydroxylation is 3. The molecule has 0 amide bonds. The van der Waals surface area contributed by atoms with Crippen LogP contribution in [0.15, 0.2) is 36.4 Å². The van der Waals surface area contributed by atoms with E-state index in [0.29, 0.717) is 0 Å². The zero-order valence-electron chi connectivity index (χ0n) is 11.5. The maximum atomic E-state index is 6.50. The molecule has 2 rings (SSSR count). The van der Waals surface area contributed by atoms with Crippen LogP contribution >= 0.6 is 23.2 Å². The van der Waals surface area contributed by atoms with Crippen LogP contribution in [0.5, 0.6) is 0 Å². The average Bonchev–Trinajstić information content (AvgIpc) is 2.37. The van der Waals surface area contributed by atoms with Gasteiger partial charge in [0.15, 0.2) is 0 Å². The fourth-order valence-electron chi connectivity index (χ4n) is 2.06. The summed E-state index contributed by atoms with van der Waals surface area (Å²) in [5.41, 5.74) is 6.05. The van der Waals surface area contributed by atoms with Crippen molar-refractivity contribution in [2.24, 2.45) is 0 Å². The lowest BCUT2D eigenvalue weighted by Gasteiger charge is -2.12. The van der Waals surface area contributed by atoms with Crippen molar-refractivity contribution in [3.05, 3.63) is 69.2 Å². The van der Waals surface area contributed by atoms with E-state index >= 15 is 0 Å². The number of hydrogen-bond donors (Lipinski definition) is 0. The normalized spacial score (nSPS) is 12.5. The van der Waals surface area contributed by atoms with Crippen LogP contribution < -0.4 is 0 Å². The van der Waals surface area contributed by atoms with Gasteiger partial charge in [0.2, 0.25) is 0 Å². The highest BCUT2D eigenvalue weighted by molar-refractivity contribution is 6.31. The van der Waals surface area contributed by atoms with Crippen LogP contribution in [0.3, 0.4) is 0 Å². The molecule has 0 nitrogen and oxygen atoms in total. The number of halogens is 2. The van der Waals surface area contributed by atoms with E-state index in [4.69, 9.17) is 23.2 Å². The molecular weight excluding hydrogens is 275 g/mol. The predicted octanol–water partition coefficient (Wildman–Crippen LogP) is 5.79. The highest BCUT2D eigenvalue weighted by Crippen LogP contribution is 2.29. The van der Waals surface area contributed by atoms with Crippen LogP contribution in [0.2, 0.25) is 5.02 Å². The number of rotatable bonds is 3. The second-order valence-corrected chi connectivity index (χ2v) is 6.03. The Balaban J connectivity index is 2.17. The van der Waals surface area contributed by atoms with Gasteiger partial charge in [0, 0.05) is 5.02 Å². The van der Waals surface area contributed by atoms with Crippen LogP contribution in [0.25, 0.3) is 0 Å². The van der Waals surface area contributed by atoms with E-state index in [1.54, 1.807) is 0 Å². The Kier molecular flexibility index (Phi) is 4.54. The van der Waals surface area contributed by atoms with Gasteiger partial charge in [0.25, 0.3) is 0 Å². The minimum absolute atomic E-state index is 0.0415. The van der Waals surface area contributed by atoms with E-state index < -0.39 is 0 Å². The van der Waals surface area contributed by atoms with Crippen LogP contribution in [0, 0.1) is 20.8 Å². The molecule has 1 atom stereocenters. The molecule has 0 aliphatic carbocycles. The van der Waals surface area contributed by atoms with Gasteiger partial charge in [-0.05, 0) is 61.1 Å². The lowest BCUT2D eigenvalue weighted by atomic mass is 9.99. The summed E-state index contributed by atoms with van der Waals surface area (Å²) in [7, 11) is 0. The monoisotopic (exact) mass is 292 g/mol. The van der Waals surface area contributed by atoms with E-state index in [9.17, 15) is 0 Å². The number of hydrogen-bond acceptors (Lipinski definition) is 0. The van der Waals surface area contributed by atoms with Crippen molar-refractivity contribution in [3.8, 4) is 0 Å². The molecular formula is C17H18Cl2. The zero-order valence-corrected chi connectivity index (χ0v) is 13.0. The van der Waals surface area contributed by atoms with Crippen LogP contribution in [0.4, 0.5) is 0 Å². The van der Waals surface area contributed by atoms with E-state index in [1.807, 2.05) is 19.1 Å². The zero-order chi connectivity index (χ0) is 14.0. The first-order chi connectivity index (χ1) is 8.97. The largest absolute Gasteiger partial charge is 0.117 e. The van der Waals surface area contributed by atoms with Crippen molar-refractivity contribution in [2.45, 2.75) is 32.6 Å². The van der Waals surface area contributed by atoms with Crippen LogP contribution in [-0.2, 0) is 6.42 Å². The van der Waals surface area contributed by atoms with Crippen molar-refractivity contribution < 1.29 is 0 Å². The van der Waals surface area contributed by atoms with Gasteiger partial charge in [0.05, 0.1) is 5.38 Å². The molecule has 100 valence electrons. The summed E-state index contributed by atoms with van der Waals surface area (Å²) in [5, 5.41) is 0.739. The van der Waals surface area contributed by atoms with E-state index in [-0.39, 0.29) is 5.38 Å². The fourth-order valence-corrected chi connectivity index (χ4v) is 2.56. The molecule has 2 aromatic rings. The Labute approximate surface area is 125 Å². The maximum Gasteiger partial charge on any atom is 0.0626 e. The SMILES string of the molecule is Cc1ccc(CC(Cl)c2ccc(C)c(Cl)c2)cc1C. The van der Waals surface area contributed by atoms with Crippen LogP contribution in [-0.4, -0.2) is 0 Å². The Morgan fingerprint density at radius 2 is 1.58 bits per heavy atom. The summed E-state index contributed by atoms with van der Waals surface area (Å²) in [6.45, 7) is 6.25. The highest BCUT2D eigenvalue weighted by atomic mass is 35.5. The molecule has 0 aromatic heterocycles. The second kappa shape index (κ2) is 5.98. The standard InChI is InChI=1S/C17H18Cl2/c1-11-4-6-14(8-13(11)3)9-17(19)15-7-5-12(2)16(18)10-15/h4-8,10,17H,9H2,1-3H3. The topological polar surface area (TPSA) is 0 Å². The lowest BCUT2D eigenvalue weighted by molar-refractivity contribution is 0.916. The molecule has 2 aromatic carbocycles. The molecule has 0 aliphatic heterocycles. The predicted molar refractivity (Wildman–Crippen MR) is 84.4 cm³/mol. The summed E-state index contributed by atoms with van der Waals surface area (Å²) >= 11 is 12.6. The molecule has 0 aliphatic rings. The summed E-state index contributed by atoms with van der Waals surface area (Å²) in [4.78, 5) is 0. The van der Waals surface area contributed by atoms with Crippen molar-refractivity contribution in [2.75, 3.05) is 0 Å². The van der Waals surface area contributed by atoms with Gasteiger partial charge in [-0.2, -0.15) is 0 Å². The quantitative estimate of drug-likeness (QED) is 0.628. The molecule has 0 radical (unpaired) electrons. The third kappa shape index (κ3) is 3.52. The first-order valence-electron chi connectivity index (χ1n) is 6.43. The van der Waals surface area contributed by atoms with Gasteiger partial charge in [-0.3, -0.25) is 0 Å². The minimum atomic E-state index is -0.0415. The smallest absolute Gasteiger partial charge is 0.0626 e. The van der Waals surface area contributed by atoms with Crippen molar-refractivity contribution >= 4 is 23.2 Å². The van der Waals surface area contributed by atoms with E-state index in [1.165, 1.54) is 16.7 Å². The van der Waals surface area contributed by atoms with Gasteiger partial charge < -0.3 is 0 Å². The molecule has 0 heterocycles. The molecule has 0 bridgehead atoms. The van der Waals surface area contributed by atoms with Crippen LogP contribution in [0.1, 0.15) is 33.2 Å². The summed E-state index contributed by atoms with van der Waals surface area (Å²) in [6.07, 6.45) is 0.821.